The zero-order chi connectivity index (χ0) is 22.0. The summed E-state index contributed by atoms with van der Waals surface area (Å²) in [7, 11) is 4.66. The number of hydrogen-bond acceptors (Lipinski definition) is 2. The average Bonchev–Trinajstić information content (AvgIpc) is 2.75. The van der Waals surface area contributed by atoms with Gasteiger partial charge in [0.05, 0.1) is 30.7 Å². The van der Waals surface area contributed by atoms with E-state index in [4.69, 9.17) is 27.9 Å². The summed E-state index contributed by atoms with van der Waals surface area (Å²) in [6.07, 6.45) is 8.47. The molecule has 0 saturated heterocycles. The van der Waals surface area contributed by atoms with Crippen LogP contribution in [0.3, 0.4) is 0 Å². The van der Waals surface area contributed by atoms with Crippen molar-refractivity contribution in [3.05, 3.63) is 63.1 Å². The number of hydrogen-bond donors (Lipinski definition) is 1. The fraction of sp³-hybridized carbons (Fsp3) is 0.400. The van der Waals surface area contributed by atoms with Crippen LogP contribution in [0.5, 0.6) is 5.75 Å². The summed E-state index contributed by atoms with van der Waals surface area (Å²) < 4.78 is 6.70. The average molecular weight is 460 g/mol. The number of nitrogens with zero attached hydrogens (tertiary/aromatic N) is 1. The first-order chi connectivity index (χ1) is 14.8. The van der Waals surface area contributed by atoms with Crippen LogP contribution in [0.25, 0.3) is 6.08 Å². The molecule has 0 aromatic heterocycles. The number of benzene rings is 2. The Hall–Kier alpha value is -2.01. The maximum atomic E-state index is 12.7. The van der Waals surface area contributed by atoms with Gasteiger partial charge in [-0.05, 0) is 56.0 Å². The van der Waals surface area contributed by atoms with Gasteiger partial charge in [-0.2, -0.15) is 0 Å². The largest absolute Gasteiger partial charge is 0.488 e. The number of fused-ring (bicyclic) bond motifs is 1. The van der Waals surface area contributed by atoms with Crippen molar-refractivity contribution in [2.75, 3.05) is 26.0 Å². The van der Waals surface area contributed by atoms with E-state index in [2.05, 4.69) is 31.5 Å². The molecular formula is C25H29Cl2N2O2+. The van der Waals surface area contributed by atoms with E-state index in [1.54, 1.807) is 18.2 Å². The lowest BCUT2D eigenvalue weighted by Crippen LogP contribution is -2.48. The zero-order valence-corrected chi connectivity index (χ0v) is 19.6. The Morgan fingerprint density at radius 3 is 2.52 bits per heavy atom. The van der Waals surface area contributed by atoms with Gasteiger partial charge in [-0.3, -0.25) is 4.79 Å². The van der Waals surface area contributed by atoms with Crippen LogP contribution in [0.4, 0.5) is 5.69 Å². The van der Waals surface area contributed by atoms with Gasteiger partial charge in [-0.15, -0.1) is 0 Å². The molecule has 1 amide bonds. The molecule has 0 radical (unpaired) electrons. The molecule has 4 nitrogen and oxygen atoms in total. The molecule has 1 aliphatic carbocycles. The predicted octanol–water partition coefficient (Wildman–Crippen LogP) is 6.32. The van der Waals surface area contributed by atoms with Crippen LogP contribution < -0.4 is 10.1 Å². The van der Waals surface area contributed by atoms with Crippen molar-refractivity contribution in [3.8, 4) is 5.75 Å². The molecule has 1 fully saturated rings. The van der Waals surface area contributed by atoms with Gasteiger partial charge in [0, 0.05) is 21.8 Å². The smallest absolute Gasteiger partial charge is 0.255 e. The zero-order valence-electron chi connectivity index (χ0n) is 18.1. The second-order valence-electron chi connectivity index (χ2n) is 9.14. The highest BCUT2D eigenvalue weighted by Crippen LogP contribution is 2.35. The standard InChI is InChI=1S/C25H28Cl2N2O2/c1-29(2,21-6-4-3-5-7-21)15-17-8-10-20(11-9-17)28-25(30)18-12-22-23(27)13-19(26)14-24(22)31-16-18/h8-14,21H,3-7,15-16H2,1-2H3/p+1. The quantitative estimate of drug-likeness (QED) is 0.531. The minimum Gasteiger partial charge on any atom is -0.488 e. The van der Waals surface area contributed by atoms with Crippen LogP contribution in [0, 0.1) is 0 Å². The second-order valence-corrected chi connectivity index (χ2v) is 9.98. The number of amides is 1. The van der Waals surface area contributed by atoms with E-state index in [0.717, 1.165) is 22.8 Å². The van der Waals surface area contributed by atoms with Gasteiger partial charge in [-0.25, -0.2) is 0 Å². The molecule has 31 heavy (non-hydrogen) atoms. The first-order valence-corrected chi connectivity index (χ1v) is 11.6. The van der Waals surface area contributed by atoms with Gasteiger partial charge < -0.3 is 14.5 Å². The fourth-order valence-electron chi connectivity index (χ4n) is 4.61. The summed E-state index contributed by atoms with van der Waals surface area (Å²) in [5, 5.41) is 3.94. The van der Waals surface area contributed by atoms with Crippen LogP contribution >= 0.6 is 23.2 Å². The van der Waals surface area contributed by atoms with E-state index in [1.165, 1.54) is 37.7 Å². The third-order valence-electron chi connectivity index (χ3n) is 6.41. The lowest BCUT2D eigenvalue weighted by Gasteiger charge is -2.40. The summed E-state index contributed by atoms with van der Waals surface area (Å²) in [5.74, 6) is 0.403. The molecule has 2 aliphatic rings. The van der Waals surface area contributed by atoms with Crippen LogP contribution in [0.1, 0.15) is 43.2 Å². The number of ether oxygens (including phenoxy) is 1. The van der Waals surface area contributed by atoms with E-state index in [0.29, 0.717) is 26.9 Å². The topological polar surface area (TPSA) is 38.3 Å². The monoisotopic (exact) mass is 459 g/mol. The van der Waals surface area contributed by atoms with Crippen molar-refractivity contribution in [1.29, 1.82) is 0 Å². The second kappa shape index (κ2) is 9.23. The first kappa shape index (κ1) is 22.2. The lowest BCUT2D eigenvalue weighted by molar-refractivity contribution is -0.929. The number of quaternary nitrogens is 1. The van der Waals surface area contributed by atoms with Crippen molar-refractivity contribution >= 4 is 40.9 Å². The Morgan fingerprint density at radius 2 is 1.81 bits per heavy atom. The van der Waals surface area contributed by atoms with E-state index in [-0.39, 0.29) is 12.5 Å². The van der Waals surface area contributed by atoms with Crippen LogP contribution in [-0.4, -0.2) is 37.1 Å². The van der Waals surface area contributed by atoms with Gasteiger partial charge in [0.15, 0.2) is 0 Å². The molecule has 1 heterocycles. The molecule has 1 N–H and O–H groups in total. The number of carbonyl (C=O) groups is 1. The van der Waals surface area contributed by atoms with Crippen molar-refractivity contribution in [3.63, 3.8) is 0 Å². The molecule has 2 aromatic rings. The van der Waals surface area contributed by atoms with Gasteiger partial charge in [0.1, 0.15) is 18.9 Å². The highest BCUT2D eigenvalue weighted by Gasteiger charge is 2.29. The fourth-order valence-corrected chi connectivity index (χ4v) is 5.14. The first-order valence-electron chi connectivity index (χ1n) is 10.9. The number of anilines is 1. The van der Waals surface area contributed by atoms with Gasteiger partial charge in [0.2, 0.25) is 0 Å². The molecule has 4 rings (SSSR count). The Labute approximate surface area is 194 Å². The molecule has 0 atom stereocenters. The van der Waals surface area contributed by atoms with E-state index >= 15 is 0 Å². The number of nitrogens with one attached hydrogen (secondary N) is 1. The SMILES string of the molecule is C[N+](C)(Cc1ccc(NC(=O)C2=Cc3c(Cl)cc(Cl)cc3OC2)cc1)C1CCCCC1. The third-order valence-corrected chi connectivity index (χ3v) is 6.95. The molecule has 2 aromatic carbocycles. The Kier molecular flexibility index (Phi) is 6.61. The highest BCUT2D eigenvalue weighted by molar-refractivity contribution is 6.36. The number of halogens is 2. The lowest BCUT2D eigenvalue weighted by atomic mass is 9.92. The number of carbonyl (C=O) groups excluding carboxylic acids is 1. The van der Waals surface area contributed by atoms with E-state index in [9.17, 15) is 4.79 Å². The minimum atomic E-state index is -0.192. The maximum absolute atomic E-state index is 12.7. The van der Waals surface area contributed by atoms with Crippen molar-refractivity contribution in [1.82, 2.24) is 0 Å². The van der Waals surface area contributed by atoms with Crippen molar-refractivity contribution < 1.29 is 14.0 Å². The van der Waals surface area contributed by atoms with Crippen molar-refractivity contribution in [2.45, 2.75) is 44.7 Å². The Morgan fingerprint density at radius 1 is 1.10 bits per heavy atom. The van der Waals surface area contributed by atoms with Crippen molar-refractivity contribution in [2.24, 2.45) is 0 Å². The van der Waals surface area contributed by atoms with E-state index in [1.807, 2.05) is 12.1 Å². The molecule has 0 unspecified atom stereocenters. The Bertz CT molecular complexity index is 993. The van der Waals surface area contributed by atoms with Gasteiger partial charge in [0.25, 0.3) is 5.91 Å². The highest BCUT2D eigenvalue weighted by atomic mass is 35.5. The van der Waals surface area contributed by atoms with Crippen LogP contribution in [0.15, 0.2) is 42.0 Å². The normalized spacial score (nSPS) is 16.8. The minimum absolute atomic E-state index is 0.181. The summed E-state index contributed by atoms with van der Waals surface area (Å²) >= 11 is 12.3. The molecular weight excluding hydrogens is 431 g/mol. The summed E-state index contributed by atoms with van der Waals surface area (Å²) in [6, 6.07) is 12.2. The predicted molar refractivity (Wildman–Crippen MR) is 128 cm³/mol. The van der Waals surface area contributed by atoms with E-state index < -0.39 is 0 Å². The summed E-state index contributed by atoms with van der Waals surface area (Å²) in [4.78, 5) is 12.7. The summed E-state index contributed by atoms with van der Waals surface area (Å²) in [6.45, 7) is 1.18. The molecule has 6 heteroatoms. The third kappa shape index (κ3) is 5.25. The Balaban J connectivity index is 1.41. The molecule has 0 bridgehead atoms. The van der Waals surface area contributed by atoms with Crippen LogP contribution in [-0.2, 0) is 11.3 Å². The molecule has 164 valence electrons. The molecule has 0 spiro atoms. The van der Waals surface area contributed by atoms with Crippen LogP contribution in [0.2, 0.25) is 10.0 Å². The number of rotatable bonds is 5. The summed E-state index contributed by atoms with van der Waals surface area (Å²) in [5.41, 5.74) is 3.26. The van der Waals surface area contributed by atoms with Gasteiger partial charge in [-0.1, -0.05) is 41.8 Å². The molecule has 1 aliphatic heterocycles. The maximum Gasteiger partial charge on any atom is 0.255 e. The van der Waals surface area contributed by atoms with Gasteiger partial charge >= 0.3 is 0 Å². The molecule has 1 saturated carbocycles.